The minimum atomic E-state index is 0.0609. The van der Waals surface area contributed by atoms with Gasteiger partial charge in [-0.25, -0.2) is 0 Å². The van der Waals surface area contributed by atoms with Crippen LogP contribution in [0.1, 0.15) is 44.9 Å². The first-order valence-corrected chi connectivity index (χ1v) is 7.11. The van der Waals surface area contributed by atoms with Crippen molar-refractivity contribution in [1.29, 1.82) is 0 Å². The zero-order valence-corrected chi connectivity index (χ0v) is 12.5. The lowest BCUT2D eigenvalue weighted by Gasteiger charge is -2.15. The van der Waals surface area contributed by atoms with Crippen LogP contribution in [0.15, 0.2) is 24.3 Å². The molecular weight excluding hydrogens is 236 g/mol. The summed E-state index contributed by atoms with van der Waals surface area (Å²) in [6.07, 6.45) is 1.06. The topological polar surface area (TPSA) is 41.1 Å². The van der Waals surface area contributed by atoms with Crippen LogP contribution in [0.2, 0.25) is 0 Å². The predicted octanol–water partition coefficient (Wildman–Crippen LogP) is 2.67. The van der Waals surface area contributed by atoms with Crippen LogP contribution in [0, 0.1) is 5.92 Å². The first-order valence-electron chi connectivity index (χ1n) is 7.11. The number of benzene rings is 1. The fourth-order valence-corrected chi connectivity index (χ4v) is 1.79. The summed E-state index contributed by atoms with van der Waals surface area (Å²) in [5.74, 6) is 0.550. The van der Waals surface area contributed by atoms with Crippen molar-refractivity contribution in [3.63, 3.8) is 0 Å². The van der Waals surface area contributed by atoms with Crippen molar-refractivity contribution in [2.75, 3.05) is 13.1 Å². The van der Waals surface area contributed by atoms with E-state index in [9.17, 15) is 4.79 Å². The van der Waals surface area contributed by atoms with Crippen LogP contribution in [0.25, 0.3) is 0 Å². The van der Waals surface area contributed by atoms with Gasteiger partial charge >= 0.3 is 0 Å². The van der Waals surface area contributed by atoms with Gasteiger partial charge in [-0.05, 0) is 30.4 Å². The van der Waals surface area contributed by atoms with Gasteiger partial charge < -0.3 is 10.6 Å². The van der Waals surface area contributed by atoms with E-state index in [1.54, 1.807) is 0 Å². The van der Waals surface area contributed by atoms with E-state index in [4.69, 9.17) is 0 Å². The molecule has 0 spiro atoms. The number of nitrogens with one attached hydrogen (secondary N) is 2. The van der Waals surface area contributed by atoms with Gasteiger partial charge in [0.15, 0.2) is 0 Å². The Labute approximate surface area is 116 Å². The summed E-state index contributed by atoms with van der Waals surface area (Å²) < 4.78 is 0. The van der Waals surface area contributed by atoms with Gasteiger partial charge in [0.25, 0.3) is 0 Å². The van der Waals surface area contributed by atoms with E-state index in [0.29, 0.717) is 12.5 Å². The zero-order valence-electron chi connectivity index (χ0n) is 12.5. The maximum Gasteiger partial charge on any atom is 0.233 e. The molecule has 3 nitrogen and oxygen atoms in total. The molecule has 0 fully saturated rings. The Morgan fingerprint density at radius 3 is 2.32 bits per heavy atom. The van der Waals surface area contributed by atoms with Gasteiger partial charge in [-0.1, -0.05) is 45.0 Å². The van der Waals surface area contributed by atoms with Crippen molar-refractivity contribution in [2.45, 2.75) is 40.2 Å². The van der Waals surface area contributed by atoms with E-state index in [-0.39, 0.29) is 11.9 Å². The lowest BCUT2D eigenvalue weighted by atomic mass is 10.1. The zero-order chi connectivity index (χ0) is 14.3. The second-order valence-electron chi connectivity index (χ2n) is 5.40. The Bertz CT molecular complexity index is 384. The number of hydrogen-bond acceptors (Lipinski definition) is 2. The highest BCUT2D eigenvalue weighted by Gasteiger charge is 2.07. The molecule has 0 bridgehead atoms. The third kappa shape index (κ3) is 5.88. The SMILES string of the molecule is CCc1ccc(C(C)NCC(=O)NCC(C)C)cc1. The van der Waals surface area contributed by atoms with E-state index >= 15 is 0 Å². The number of hydrogen-bond donors (Lipinski definition) is 2. The smallest absolute Gasteiger partial charge is 0.233 e. The molecule has 0 saturated heterocycles. The summed E-state index contributed by atoms with van der Waals surface area (Å²) in [4.78, 5) is 11.6. The molecule has 0 aliphatic heterocycles. The van der Waals surface area contributed by atoms with Crippen LogP contribution in [-0.2, 0) is 11.2 Å². The molecule has 0 radical (unpaired) electrons. The molecule has 106 valence electrons. The van der Waals surface area contributed by atoms with Gasteiger partial charge in [0.1, 0.15) is 0 Å². The summed E-state index contributed by atoms with van der Waals surface area (Å²) in [6, 6.07) is 8.74. The van der Waals surface area contributed by atoms with Crippen molar-refractivity contribution < 1.29 is 4.79 Å². The van der Waals surface area contributed by atoms with Crippen LogP contribution in [0.3, 0.4) is 0 Å². The van der Waals surface area contributed by atoms with Crippen molar-refractivity contribution >= 4 is 5.91 Å². The predicted molar refractivity (Wildman–Crippen MR) is 80.1 cm³/mol. The molecule has 0 saturated carbocycles. The van der Waals surface area contributed by atoms with Crippen LogP contribution in [-0.4, -0.2) is 19.0 Å². The highest BCUT2D eigenvalue weighted by molar-refractivity contribution is 5.78. The van der Waals surface area contributed by atoms with E-state index in [2.05, 4.69) is 62.6 Å². The van der Waals surface area contributed by atoms with Crippen molar-refractivity contribution in [3.8, 4) is 0 Å². The van der Waals surface area contributed by atoms with E-state index < -0.39 is 0 Å². The molecule has 1 aromatic rings. The molecule has 0 aliphatic carbocycles. The third-order valence-corrected chi connectivity index (χ3v) is 3.16. The molecule has 0 aromatic heterocycles. The van der Waals surface area contributed by atoms with Gasteiger partial charge in [0, 0.05) is 12.6 Å². The normalized spacial score (nSPS) is 12.5. The fraction of sp³-hybridized carbons (Fsp3) is 0.562. The van der Waals surface area contributed by atoms with Crippen LogP contribution in [0.4, 0.5) is 0 Å². The first-order chi connectivity index (χ1) is 9.02. The standard InChI is InChI=1S/C16H26N2O/c1-5-14-6-8-15(9-7-14)13(4)17-11-16(19)18-10-12(2)3/h6-9,12-13,17H,5,10-11H2,1-4H3,(H,18,19). The molecule has 1 atom stereocenters. The summed E-state index contributed by atoms with van der Waals surface area (Å²) in [5.41, 5.74) is 2.56. The summed E-state index contributed by atoms with van der Waals surface area (Å²) >= 11 is 0. The quantitative estimate of drug-likeness (QED) is 0.793. The number of carbonyl (C=O) groups excluding carboxylic acids is 1. The average molecular weight is 262 g/mol. The van der Waals surface area contributed by atoms with Gasteiger partial charge in [-0.3, -0.25) is 4.79 Å². The third-order valence-electron chi connectivity index (χ3n) is 3.16. The van der Waals surface area contributed by atoms with Gasteiger partial charge in [0.05, 0.1) is 6.54 Å². The number of rotatable bonds is 7. The number of carbonyl (C=O) groups is 1. The minimum Gasteiger partial charge on any atom is -0.355 e. The molecule has 1 amide bonds. The largest absolute Gasteiger partial charge is 0.355 e. The second-order valence-corrected chi connectivity index (χ2v) is 5.40. The molecule has 1 aromatic carbocycles. The molecular formula is C16H26N2O. The Morgan fingerprint density at radius 1 is 1.16 bits per heavy atom. The Hall–Kier alpha value is -1.35. The molecule has 19 heavy (non-hydrogen) atoms. The highest BCUT2D eigenvalue weighted by atomic mass is 16.1. The Balaban J connectivity index is 2.37. The maximum absolute atomic E-state index is 11.6. The molecule has 3 heteroatoms. The van der Waals surface area contributed by atoms with Crippen molar-refractivity contribution in [3.05, 3.63) is 35.4 Å². The molecule has 0 aliphatic rings. The van der Waals surface area contributed by atoms with Gasteiger partial charge in [-0.15, -0.1) is 0 Å². The average Bonchev–Trinajstić information content (AvgIpc) is 2.42. The molecule has 0 heterocycles. The lowest BCUT2D eigenvalue weighted by Crippen LogP contribution is -2.36. The minimum absolute atomic E-state index is 0.0609. The van der Waals surface area contributed by atoms with Crippen LogP contribution < -0.4 is 10.6 Å². The summed E-state index contributed by atoms with van der Waals surface area (Å²) in [6.45, 7) is 9.51. The van der Waals surface area contributed by atoms with Gasteiger partial charge in [0.2, 0.25) is 5.91 Å². The molecule has 2 N–H and O–H groups in total. The second kappa shape index (κ2) is 7.95. The van der Waals surface area contributed by atoms with E-state index in [1.807, 2.05) is 0 Å². The van der Waals surface area contributed by atoms with Crippen molar-refractivity contribution in [1.82, 2.24) is 10.6 Å². The van der Waals surface area contributed by atoms with Crippen LogP contribution in [0.5, 0.6) is 0 Å². The monoisotopic (exact) mass is 262 g/mol. The van der Waals surface area contributed by atoms with E-state index in [1.165, 1.54) is 11.1 Å². The van der Waals surface area contributed by atoms with Crippen molar-refractivity contribution in [2.24, 2.45) is 5.92 Å². The molecule has 1 rings (SSSR count). The highest BCUT2D eigenvalue weighted by Crippen LogP contribution is 2.13. The number of amides is 1. The summed E-state index contributed by atoms with van der Waals surface area (Å²) in [5, 5.41) is 6.15. The Morgan fingerprint density at radius 2 is 1.79 bits per heavy atom. The maximum atomic E-state index is 11.6. The summed E-state index contributed by atoms with van der Waals surface area (Å²) in [7, 11) is 0. The number of aryl methyl sites for hydroxylation is 1. The Kier molecular flexibility index (Phi) is 6.57. The van der Waals surface area contributed by atoms with E-state index in [0.717, 1.165) is 13.0 Å². The fourth-order valence-electron chi connectivity index (χ4n) is 1.79. The molecule has 1 unspecified atom stereocenters. The van der Waals surface area contributed by atoms with Crippen LogP contribution >= 0.6 is 0 Å². The van der Waals surface area contributed by atoms with Gasteiger partial charge in [-0.2, -0.15) is 0 Å². The lowest BCUT2D eigenvalue weighted by molar-refractivity contribution is -0.120. The first kappa shape index (κ1) is 15.7.